The van der Waals surface area contributed by atoms with Gasteiger partial charge < -0.3 is 9.88 Å². The highest BCUT2D eigenvalue weighted by atomic mass is 79.9. The van der Waals surface area contributed by atoms with E-state index in [0.29, 0.717) is 6.54 Å². The predicted octanol–water partition coefficient (Wildman–Crippen LogP) is 3.86. The molecule has 1 aromatic carbocycles. The highest BCUT2D eigenvalue weighted by Crippen LogP contribution is 2.37. The molecule has 2 aromatic rings. The number of hydrogen-bond donors (Lipinski definition) is 1. The third-order valence-corrected chi connectivity index (χ3v) is 6.03. The maximum absolute atomic E-state index is 14.2. The summed E-state index contributed by atoms with van der Waals surface area (Å²) in [5, 5.41) is 3.50. The van der Waals surface area contributed by atoms with Gasteiger partial charge in [0.25, 0.3) is 0 Å². The van der Waals surface area contributed by atoms with E-state index in [1.807, 2.05) is 12.1 Å². The molecule has 2 aliphatic rings. The Hall–Kier alpha value is -0.690. The Labute approximate surface area is 152 Å². The SMILES string of the molecule is Fc1cc(Br)ccc1CN1Cc2ccc(Br)n2C2(CCNC2)C1. The first-order valence-electron chi connectivity index (χ1n) is 7.81. The number of nitrogens with one attached hydrogen (secondary N) is 1. The van der Waals surface area contributed by atoms with Crippen LogP contribution in [0.5, 0.6) is 0 Å². The summed E-state index contributed by atoms with van der Waals surface area (Å²) in [7, 11) is 0. The molecule has 122 valence electrons. The fourth-order valence-corrected chi connectivity index (χ4v) is 5.01. The lowest BCUT2D eigenvalue weighted by molar-refractivity contribution is 0.111. The van der Waals surface area contributed by atoms with Crippen molar-refractivity contribution in [3.63, 3.8) is 0 Å². The van der Waals surface area contributed by atoms with Crippen molar-refractivity contribution in [1.82, 2.24) is 14.8 Å². The second-order valence-electron chi connectivity index (χ2n) is 6.51. The van der Waals surface area contributed by atoms with E-state index in [-0.39, 0.29) is 11.4 Å². The maximum atomic E-state index is 14.2. The van der Waals surface area contributed by atoms with Crippen molar-refractivity contribution in [2.24, 2.45) is 0 Å². The molecule has 2 aliphatic heterocycles. The van der Waals surface area contributed by atoms with Gasteiger partial charge >= 0.3 is 0 Å². The topological polar surface area (TPSA) is 20.2 Å². The summed E-state index contributed by atoms with van der Waals surface area (Å²) in [5.41, 5.74) is 2.12. The molecular weight excluding hydrogens is 425 g/mol. The molecule has 0 saturated carbocycles. The van der Waals surface area contributed by atoms with Gasteiger partial charge in [0, 0.05) is 41.9 Å². The minimum atomic E-state index is -0.139. The summed E-state index contributed by atoms with van der Waals surface area (Å²) in [4.78, 5) is 2.36. The fraction of sp³-hybridized carbons (Fsp3) is 0.412. The van der Waals surface area contributed by atoms with Gasteiger partial charge in [0.05, 0.1) is 10.1 Å². The van der Waals surface area contributed by atoms with Gasteiger partial charge in [-0.15, -0.1) is 0 Å². The van der Waals surface area contributed by atoms with Crippen molar-refractivity contribution >= 4 is 31.9 Å². The lowest BCUT2D eigenvalue weighted by atomic mass is 9.94. The zero-order chi connectivity index (χ0) is 16.0. The standard InChI is InChI=1S/C17H18Br2FN3/c18-13-2-1-12(15(20)7-13)8-22-9-14-3-4-16(19)23(14)17(11-22)5-6-21-10-17/h1-4,7,21H,5-6,8-11H2. The largest absolute Gasteiger partial charge is 0.329 e. The minimum absolute atomic E-state index is 0.0712. The smallest absolute Gasteiger partial charge is 0.128 e. The molecule has 23 heavy (non-hydrogen) atoms. The lowest BCUT2D eigenvalue weighted by Gasteiger charge is -2.43. The molecule has 1 aromatic heterocycles. The molecule has 0 aliphatic carbocycles. The predicted molar refractivity (Wildman–Crippen MR) is 95.8 cm³/mol. The van der Waals surface area contributed by atoms with E-state index in [2.05, 4.69) is 58.8 Å². The molecule has 1 unspecified atom stereocenters. The Morgan fingerprint density at radius 2 is 2.09 bits per heavy atom. The Balaban J connectivity index is 1.65. The van der Waals surface area contributed by atoms with E-state index in [4.69, 9.17) is 0 Å². The van der Waals surface area contributed by atoms with Gasteiger partial charge in [0.2, 0.25) is 0 Å². The number of hydrogen-bond acceptors (Lipinski definition) is 2. The number of halogens is 3. The van der Waals surface area contributed by atoms with Crippen LogP contribution in [0, 0.1) is 5.82 Å². The number of nitrogens with zero attached hydrogens (tertiary/aromatic N) is 2. The van der Waals surface area contributed by atoms with Crippen LogP contribution in [0.3, 0.4) is 0 Å². The van der Waals surface area contributed by atoms with Gasteiger partial charge in [-0.2, -0.15) is 0 Å². The monoisotopic (exact) mass is 441 g/mol. The Morgan fingerprint density at radius 3 is 2.83 bits per heavy atom. The Morgan fingerprint density at radius 1 is 1.22 bits per heavy atom. The summed E-state index contributed by atoms with van der Waals surface area (Å²) in [5.74, 6) is -0.139. The molecule has 1 saturated heterocycles. The van der Waals surface area contributed by atoms with Gasteiger partial charge in [-0.1, -0.05) is 22.0 Å². The zero-order valence-electron chi connectivity index (χ0n) is 12.7. The molecule has 0 amide bonds. The van der Waals surface area contributed by atoms with Crippen molar-refractivity contribution in [3.05, 3.63) is 56.5 Å². The number of aromatic nitrogens is 1. The molecule has 1 spiro atoms. The second kappa shape index (κ2) is 5.99. The number of rotatable bonds is 2. The molecule has 1 fully saturated rings. The Bertz CT molecular complexity index is 737. The van der Waals surface area contributed by atoms with E-state index in [9.17, 15) is 4.39 Å². The molecular formula is C17H18Br2FN3. The summed E-state index contributed by atoms with van der Waals surface area (Å²) in [6.45, 7) is 4.43. The molecule has 0 radical (unpaired) electrons. The first-order valence-corrected chi connectivity index (χ1v) is 9.40. The van der Waals surface area contributed by atoms with Crippen LogP contribution in [-0.2, 0) is 18.6 Å². The third-order valence-electron chi connectivity index (χ3n) is 4.92. The van der Waals surface area contributed by atoms with E-state index >= 15 is 0 Å². The number of fused-ring (bicyclic) bond motifs is 2. The summed E-state index contributed by atoms with van der Waals surface area (Å²) in [6.07, 6.45) is 1.10. The van der Waals surface area contributed by atoms with Crippen LogP contribution in [0.2, 0.25) is 0 Å². The van der Waals surface area contributed by atoms with Crippen LogP contribution in [0.4, 0.5) is 4.39 Å². The van der Waals surface area contributed by atoms with Crippen LogP contribution in [0.25, 0.3) is 0 Å². The molecule has 3 heterocycles. The Kier molecular flexibility index (Phi) is 4.12. The summed E-state index contributed by atoms with van der Waals surface area (Å²) >= 11 is 7.02. The first-order chi connectivity index (χ1) is 11.1. The van der Waals surface area contributed by atoms with Crippen LogP contribution < -0.4 is 5.32 Å². The third kappa shape index (κ3) is 2.80. The van der Waals surface area contributed by atoms with E-state index in [0.717, 1.165) is 47.2 Å². The van der Waals surface area contributed by atoms with Crippen molar-refractivity contribution in [3.8, 4) is 0 Å². The van der Waals surface area contributed by atoms with Crippen LogP contribution in [0.15, 0.2) is 39.4 Å². The van der Waals surface area contributed by atoms with Gasteiger partial charge in [-0.3, -0.25) is 4.90 Å². The van der Waals surface area contributed by atoms with Crippen molar-refractivity contribution < 1.29 is 4.39 Å². The molecule has 1 atom stereocenters. The molecule has 0 bridgehead atoms. The van der Waals surface area contributed by atoms with Crippen LogP contribution >= 0.6 is 31.9 Å². The average molecular weight is 443 g/mol. The summed E-state index contributed by atoms with van der Waals surface area (Å²) < 4.78 is 18.6. The normalized spacial score (nSPS) is 24.3. The van der Waals surface area contributed by atoms with Crippen molar-refractivity contribution in [2.45, 2.75) is 25.0 Å². The first kappa shape index (κ1) is 15.8. The van der Waals surface area contributed by atoms with Gasteiger partial charge in [0.1, 0.15) is 5.82 Å². The highest BCUT2D eigenvalue weighted by Gasteiger charge is 2.42. The fourth-order valence-electron chi connectivity index (χ4n) is 3.94. The summed E-state index contributed by atoms with van der Waals surface area (Å²) in [6, 6.07) is 9.63. The lowest BCUT2D eigenvalue weighted by Crippen LogP contribution is -2.51. The van der Waals surface area contributed by atoms with Crippen LogP contribution in [0.1, 0.15) is 17.7 Å². The van der Waals surface area contributed by atoms with E-state index in [1.165, 1.54) is 5.69 Å². The van der Waals surface area contributed by atoms with Gasteiger partial charge in [0.15, 0.2) is 0 Å². The second-order valence-corrected chi connectivity index (χ2v) is 8.24. The molecule has 4 rings (SSSR count). The van der Waals surface area contributed by atoms with Crippen LogP contribution in [-0.4, -0.2) is 29.1 Å². The molecule has 3 nitrogen and oxygen atoms in total. The highest BCUT2D eigenvalue weighted by molar-refractivity contribution is 9.10. The van der Waals surface area contributed by atoms with E-state index < -0.39 is 0 Å². The number of benzene rings is 1. The van der Waals surface area contributed by atoms with Crippen molar-refractivity contribution in [2.75, 3.05) is 19.6 Å². The van der Waals surface area contributed by atoms with Crippen molar-refractivity contribution in [1.29, 1.82) is 0 Å². The maximum Gasteiger partial charge on any atom is 0.128 e. The van der Waals surface area contributed by atoms with Gasteiger partial charge in [-0.25, -0.2) is 4.39 Å². The van der Waals surface area contributed by atoms with E-state index in [1.54, 1.807) is 6.07 Å². The molecule has 1 N–H and O–H groups in total. The van der Waals surface area contributed by atoms with Gasteiger partial charge in [-0.05, 0) is 53.2 Å². The quantitative estimate of drug-likeness (QED) is 0.762. The minimum Gasteiger partial charge on any atom is -0.329 e. The molecule has 6 heteroatoms. The average Bonchev–Trinajstić information content (AvgIpc) is 3.10. The zero-order valence-corrected chi connectivity index (χ0v) is 15.8.